The van der Waals surface area contributed by atoms with Crippen LogP contribution in [0.5, 0.6) is 0 Å². The minimum absolute atomic E-state index is 0.190. The van der Waals surface area contributed by atoms with Crippen molar-refractivity contribution in [3.8, 4) is 0 Å². The lowest BCUT2D eigenvalue weighted by Gasteiger charge is -2.41. The fourth-order valence-electron chi connectivity index (χ4n) is 3.46. The molecule has 1 aromatic carbocycles. The summed E-state index contributed by atoms with van der Waals surface area (Å²) in [6.07, 6.45) is 2.36. The van der Waals surface area contributed by atoms with Crippen LogP contribution in [0, 0.1) is 0 Å². The number of rotatable bonds is 6. The molecule has 7 nitrogen and oxygen atoms in total. The van der Waals surface area contributed by atoms with Gasteiger partial charge >= 0.3 is 0 Å². The molecule has 4 N–H and O–H groups in total. The number of aromatic nitrogens is 3. The molecule has 7 heteroatoms. The summed E-state index contributed by atoms with van der Waals surface area (Å²) >= 11 is 0. The van der Waals surface area contributed by atoms with Crippen LogP contribution in [-0.2, 0) is 13.1 Å². The summed E-state index contributed by atoms with van der Waals surface area (Å²) < 4.78 is 0. The number of hydrogen-bond acceptors (Lipinski definition) is 7. The molecule has 0 saturated carbocycles. The van der Waals surface area contributed by atoms with Gasteiger partial charge in [-0.25, -0.2) is 0 Å². The first kappa shape index (κ1) is 17.6. The predicted molar refractivity (Wildman–Crippen MR) is 99.5 cm³/mol. The van der Waals surface area contributed by atoms with E-state index in [2.05, 4.69) is 62.0 Å². The van der Waals surface area contributed by atoms with Gasteiger partial charge in [0.15, 0.2) is 0 Å². The Hall–Kier alpha value is -2.25. The lowest BCUT2D eigenvalue weighted by atomic mass is 10.1. The van der Waals surface area contributed by atoms with Crippen molar-refractivity contribution in [3.05, 3.63) is 41.7 Å². The Balaban J connectivity index is 1.64. The highest BCUT2D eigenvalue weighted by Crippen LogP contribution is 2.19. The van der Waals surface area contributed by atoms with Gasteiger partial charge in [-0.3, -0.25) is 9.80 Å². The van der Waals surface area contributed by atoms with Gasteiger partial charge in [-0.15, -0.1) is 0 Å². The predicted octanol–water partition coefficient (Wildman–Crippen LogP) is 1.52. The van der Waals surface area contributed by atoms with Crippen LogP contribution < -0.4 is 11.5 Å². The fraction of sp³-hybridized carbons (Fsp3) is 0.500. The molecule has 1 unspecified atom stereocenters. The van der Waals surface area contributed by atoms with Crippen LogP contribution in [0.15, 0.2) is 30.3 Å². The van der Waals surface area contributed by atoms with E-state index in [9.17, 15) is 0 Å². The zero-order valence-electron chi connectivity index (χ0n) is 14.8. The zero-order valence-corrected chi connectivity index (χ0v) is 14.8. The lowest BCUT2D eigenvalue weighted by Crippen LogP contribution is -2.52. The van der Waals surface area contributed by atoms with Gasteiger partial charge in [-0.05, 0) is 12.0 Å². The summed E-state index contributed by atoms with van der Waals surface area (Å²) in [4.78, 5) is 17.2. The van der Waals surface area contributed by atoms with Crippen LogP contribution in [0.1, 0.15) is 31.2 Å². The summed E-state index contributed by atoms with van der Waals surface area (Å²) in [6.45, 7) is 6.94. The minimum atomic E-state index is 0.190. The summed E-state index contributed by atoms with van der Waals surface area (Å²) in [5.41, 5.74) is 12.7. The normalized spacial score (nSPS) is 19.2. The second-order valence-corrected chi connectivity index (χ2v) is 6.60. The molecule has 1 aliphatic heterocycles. The molecule has 0 radical (unpaired) electrons. The molecule has 3 rings (SSSR count). The van der Waals surface area contributed by atoms with Crippen molar-refractivity contribution in [2.24, 2.45) is 0 Å². The van der Waals surface area contributed by atoms with Crippen molar-refractivity contribution in [2.45, 2.75) is 38.9 Å². The van der Waals surface area contributed by atoms with Crippen molar-refractivity contribution in [1.82, 2.24) is 24.8 Å². The van der Waals surface area contributed by atoms with Crippen LogP contribution in [0.3, 0.4) is 0 Å². The third-order valence-corrected chi connectivity index (χ3v) is 4.62. The highest BCUT2D eigenvalue weighted by atomic mass is 15.3. The Morgan fingerprint density at radius 1 is 1.00 bits per heavy atom. The Kier molecular flexibility index (Phi) is 5.78. The molecule has 1 aliphatic rings. The van der Waals surface area contributed by atoms with Gasteiger partial charge in [0, 0.05) is 32.2 Å². The van der Waals surface area contributed by atoms with Gasteiger partial charge in [0.05, 0.1) is 6.54 Å². The highest BCUT2D eigenvalue weighted by molar-refractivity contribution is 5.25. The van der Waals surface area contributed by atoms with Crippen LogP contribution in [0.25, 0.3) is 0 Å². The molecular weight excluding hydrogens is 314 g/mol. The fourth-order valence-corrected chi connectivity index (χ4v) is 3.46. The minimum Gasteiger partial charge on any atom is -0.368 e. The molecule has 0 amide bonds. The van der Waals surface area contributed by atoms with E-state index in [-0.39, 0.29) is 11.9 Å². The molecule has 1 fully saturated rings. The molecule has 2 heterocycles. The number of piperazine rings is 1. The molecule has 1 saturated heterocycles. The van der Waals surface area contributed by atoms with Crippen molar-refractivity contribution in [1.29, 1.82) is 0 Å². The van der Waals surface area contributed by atoms with Crippen LogP contribution in [-0.4, -0.2) is 50.4 Å². The van der Waals surface area contributed by atoms with E-state index in [0.29, 0.717) is 18.4 Å². The number of anilines is 2. The Bertz CT molecular complexity index is 656. The van der Waals surface area contributed by atoms with Crippen LogP contribution >= 0.6 is 0 Å². The van der Waals surface area contributed by atoms with E-state index in [1.807, 2.05) is 0 Å². The molecule has 2 aromatic rings. The Morgan fingerprint density at radius 2 is 1.72 bits per heavy atom. The van der Waals surface area contributed by atoms with E-state index >= 15 is 0 Å². The monoisotopic (exact) mass is 341 g/mol. The van der Waals surface area contributed by atoms with Gasteiger partial charge < -0.3 is 11.5 Å². The number of benzene rings is 1. The van der Waals surface area contributed by atoms with Gasteiger partial charge in [-0.1, -0.05) is 43.7 Å². The first-order valence-corrected chi connectivity index (χ1v) is 8.90. The summed E-state index contributed by atoms with van der Waals surface area (Å²) in [5, 5.41) is 0. The smallest absolute Gasteiger partial charge is 0.225 e. The van der Waals surface area contributed by atoms with Crippen LogP contribution in [0.4, 0.5) is 11.9 Å². The molecular formula is C18H27N7. The Labute approximate surface area is 149 Å². The molecule has 1 aromatic heterocycles. The SMILES string of the molecule is CCCC1CN(Cc2nc(N)nc(N)n2)CCN1Cc1ccccc1. The topological polar surface area (TPSA) is 97.2 Å². The van der Waals surface area contributed by atoms with E-state index in [0.717, 1.165) is 26.2 Å². The van der Waals surface area contributed by atoms with E-state index in [1.165, 1.54) is 18.4 Å². The van der Waals surface area contributed by atoms with Crippen molar-refractivity contribution >= 4 is 11.9 Å². The van der Waals surface area contributed by atoms with Crippen molar-refractivity contribution < 1.29 is 0 Å². The second kappa shape index (κ2) is 8.22. The zero-order chi connectivity index (χ0) is 17.6. The third-order valence-electron chi connectivity index (χ3n) is 4.62. The number of nitrogen functional groups attached to an aromatic ring is 2. The quantitative estimate of drug-likeness (QED) is 0.822. The summed E-state index contributed by atoms with van der Waals surface area (Å²) in [5.74, 6) is 1.03. The van der Waals surface area contributed by atoms with E-state index < -0.39 is 0 Å². The summed E-state index contributed by atoms with van der Waals surface area (Å²) in [6, 6.07) is 11.2. The molecule has 0 spiro atoms. The molecule has 0 bridgehead atoms. The maximum atomic E-state index is 5.68. The van der Waals surface area contributed by atoms with Gasteiger partial charge in [-0.2, -0.15) is 15.0 Å². The standard InChI is InChI=1S/C18H27N7/c1-2-6-15-12-24(13-16-21-17(19)23-18(20)22-16)9-10-25(15)11-14-7-4-3-5-8-14/h3-5,7-8,15H,2,6,9-13H2,1H3,(H4,19,20,21,22,23). The second-order valence-electron chi connectivity index (χ2n) is 6.60. The van der Waals surface area contributed by atoms with Gasteiger partial charge in [0.2, 0.25) is 11.9 Å². The summed E-state index contributed by atoms with van der Waals surface area (Å²) in [7, 11) is 0. The van der Waals surface area contributed by atoms with Crippen LogP contribution in [0.2, 0.25) is 0 Å². The highest BCUT2D eigenvalue weighted by Gasteiger charge is 2.26. The van der Waals surface area contributed by atoms with E-state index in [1.54, 1.807) is 0 Å². The molecule has 25 heavy (non-hydrogen) atoms. The maximum absolute atomic E-state index is 5.68. The van der Waals surface area contributed by atoms with E-state index in [4.69, 9.17) is 11.5 Å². The largest absolute Gasteiger partial charge is 0.368 e. The van der Waals surface area contributed by atoms with Gasteiger partial charge in [0.1, 0.15) is 5.82 Å². The van der Waals surface area contributed by atoms with Crippen molar-refractivity contribution in [3.63, 3.8) is 0 Å². The van der Waals surface area contributed by atoms with Gasteiger partial charge in [0.25, 0.3) is 0 Å². The number of nitrogens with two attached hydrogens (primary N) is 2. The average molecular weight is 341 g/mol. The molecule has 0 aliphatic carbocycles. The first-order chi connectivity index (χ1) is 12.1. The maximum Gasteiger partial charge on any atom is 0.225 e. The van der Waals surface area contributed by atoms with Crippen molar-refractivity contribution in [2.75, 3.05) is 31.1 Å². The molecule has 1 atom stereocenters. The number of hydrogen-bond donors (Lipinski definition) is 2. The first-order valence-electron chi connectivity index (χ1n) is 8.90. The average Bonchev–Trinajstić information content (AvgIpc) is 2.57. The Morgan fingerprint density at radius 3 is 2.40 bits per heavy atom. The third kappa shape index (κ3) is 4.87. The lowest BCUT2D eigenvalue weighted by molar-refractivity contribution is 0.0578. The molecule has 134 valence electrons. The number of nitrogens with zero attached hydrogens (tertiary/aromatic N) is 5.